The summed E-state index contributed by atoms with van der Waals surface area (Å²) in [7, 11) is 0. The predicted octanol–water partition coefficient (Wildman–Crippen LogP) is 0.461. The van der Waals surface area contributed by atoms with E-state index in [-0.39, 0.29) is 18.9 Å². The molecule has 0 aliphatic heterocycles. The minimum absolute atomic E-state index is 0.162. The van der Waals surface area contributed by atoms with E-state index < -0.39 is 22.0 Å². The van der Waals surface area contributed by atoms with E-state index in [2.05, 4.69) is 0 Å². The second-order valence-corrected chi connectivity index (χ2v) is 4.19. The topological polar surface area (TPSA) is 107 Å². The highest BCUT2D eigenvalue weighted by Gasteiger charge is 2.40. The van der Waals surface area contributed by atoms with E-state index in [0.29, 0.717) is 19.3 Å². The van der Waals surface area contributed by atoms with Crippen LogP contribution < -0.4 is 0 Å². The molecule has 0 spiro atoms. The van der Waals surface area contributed by atoms with Crippen molar-refractivity contribution >= 4 is 0 Å². The summed E-state index contributed by atoms with van der Waals surface area (Å²) >= 11 is 0. The predicted molar refractivity (Wildman–Crippen MR) is 50.6 cm³/mol. The Balaban J connectivity index is 2.54. The van der Waals surface area contributed by atoms with Crippen LogP contribution >= 0.6 is 0 Å². The lowest BCUT2D eigenvalue weighted by Gasteiger charge is -2.31. The monoisotopic (exact) mass is 218 g/mol. The fourth-order valence-electron chi connectivity index (χ4n) is 2.21. The third-order valence-corrected chi connectivity index (χ3v) is 2.75. The second kappa shape index (κ2) is 4.52. The Labute approximate surface area is 86.4 Å². The van der Waals surface area contributed by atoms with Crippen LogP contribution in [0.15, 0.2) is 0 Å². The van der Waals surface area contributed by atoms with E-state index in [9.17, 15) is 25.3 Å². The normalized spacial score (nSPS) is 31.1. The van der Waals surface area contributed by atoms with Gasteiger partial charge in [0.1, 0.15) is 5.60 Å². The van der Waals surface area contributed by atoms with Gasteiger partial charge in [0.25, 0.3) is 0 Å². The van der Waals surface area contributed by atoms with Gasteiger partial charge in [-0.25, -0.2) is 0 Å². The molecular weight excluding hydrogens is 204 g/mol. The highest BCUT2D eigenvalue weighted by Crippen LogP contribution is 2.32. The fourth-order valence-corrected chi connectivity index (χ4v) is 2.21. The number of aliphatic hydroxyl groups is 1. The minimum atomic E-state index is -1.34. The first-order chi connectivity index (χ1) is 6.91. The van der Waals surface area contributed by atoms with Crippen LogP contribution in [0, 0.1) is 26.1 Å². The van der Waals surface area contributed by atoms with Gasteiger partial charge in [-0.1, -0.05) is 0 Å². The first kappa shape index (κ1) is 11.8. The molecule has 1 saturated carbocycles. The molecule has 1 N–H and O–H groups in total. The molecule has 2 atom stereocenters. The largest absolute Gasteiger partial charge is 0.383 e. The highest BCUT2D eigenvalue weighted by atomic mass is 16.6. The smallest absolute Gasteiger partial charge is 0.232 e. The zero-order valence-corrected chi connectivity index (χ0v) is 8.29. The van der Waals surface area contributed by atoms with Gasteiger partial charge in [0.05, 0.1) is 0 Å². The van der Waals surface area contributed by atoms with E-state index in [0.717, 1.165) is 0 Å². The van der Waals surface area contributed by atoms with Crippen molar-refractivity contribution in [2.24, 2.45) is 5.92 Å². The number of nitro groups is 2. The van der Waals surface area contributed by atoms with E-state index in [4.69, 9.17) is 0 Å². The molecular formula is C8H14N2O5. The summed E-state index contributed by atoms with van der Waals surface area (Å²) in [5.74, 6) is -0.237. The van der Waals surface area contributed by atoms with E-state index >= 15 is 0 Å². The van der Waals surface area contributed by atoms with Gasteiger partial charge in [-0.3, -0.25) is 20.2 Å². The standard InChI is InChI=1S/C8H14N2O5/c11-8(6-10(14)15)3-1-2-7(4-8)5-9(12)13/h7,11H,1-6H2/t7-,8+/m1/s1. The van der Waals surface area contributed by atoms with Crippen molar-refractivity contribution in [2.75, 3.05) is 13.1 Å². The third kappa shape index (κ3) is 3.78. The molecule has 0 radical (unpaired) electrons. The number of nitrogens with zero attached hydrogens (tertiary/aromatic N) is 2. The van der Waals surface area contributed by atoms with Crippen LogP contribution in [-0.2, 0) is 0 Å². The lowest BCUT2D eigenvalue weighted by Crippen LogP contribution is -2.42. The molecule has 0 aromatic rings. The average molecular weight is 218 g/mol. The summed E-state index contributed by atoms with van der Waals surface area (Å²) in [5.41, 5.74) is -1.34. The van der Waals surface area contributed by atoms with Crippen molar-refractivity contribution in [3.8, 4) is 0 Å². The van der Waals surface area contributed by atoms with Crippen molar-refractivity contribution < 1.29 is 15.0 Å². The van der Waals surface area contributed by atoms with Crippen LogP contribution in [0.1, 0.15) is 25.7 Å². The van der Waals surface area contributed by atoms with Crippen LogP contribution in [0.2, 0.25) is 0 Å². The van der Waals surface area contributed by atoms with Crippen LogP contribution in [0.4, 0.5) is 0 Å². The van der Waals surface area contributed by atoms with Gasteiger partial charge in [0.2, 0.25) is 13.1 Å². The Morgan fingerprint density at radius 2 is 2.00 bits per heavy atom. The number of hydrogen-bond acceptors (Lipinski definition) is 5. The summed E-state index contributed by atoms with van der Waals surface area (Å²) < 4.78 is 0. The van der Waals surface area contributed by atoms with Crippen molar-refractivity contribution in [1.29, 1.82) is 0 Å². The summed E-state index contributed by atoms with van der Waals surface area (Å²) in [5, 5.41) is 30.5. The zero-order valence-electron chi connectivity index (χ0n) is 8.29. The van der Waals surface area contributed by atoms with Crippen LogP contribution in [0.5, 0.6) is 0 Å². The SMILES string of the molecule is O=[N+]([O-])C[C@@H]1CCC[C@@](O)(C[N+](=O)[O-])C1. The maximum Gasteiger partial charge on any atom is 0.232 e. The molecule has 86 valence electrons. The van der Waals surface area contributed by atoms with Gasteiger partial charge >= 0.3 is 0 Å². The molecule has 1 rings (SSSR count). The van der Waals surface area contributed by atoms with Crippen LogP contribution in [0.3, 0.4) is 0 Å². The molecule has 7 heteroatoms. The molecule has 0 aromatic heterocycles. The van der Waals surface area contributed by atoms with Gasteiger partial charge in [-0.2, -0.15) is 0 Å². The molecule has 15 heavy (non-hydrogen) atoms. The third-order valence-electron chi connectivity index (χ3n) is 2.75. The van der Waals surface area contributed by atoms with Crippen LogP contribution in [-0.4, -0.2) is 33.6 Å². The summed E-state index contributed by atoms with van der Waals surface area (Å²) in [6.07, 6.45) is 1.81. The van der Waals surface area contributed by atoms with Crippen molar-refractivity contribution in [3.63, 3.8) is 0 Å². The van der Waals surface area contributed by atoms with Crippen molar-refractivity contribution in [1.82, 2.24) is 0 Å². The van der Waals surface area contributed by atoms with Crippen LogP contribution in [0.25, 0.3) is 0 Å². The minimum Gasteiger partial charge on any atom is -0.383 e. The molecule has 0 saturated heterocycles. The molecule has 1 aliphatic carbocycles. The van der Waals surface area contributed by atoms with E-state index in [1.165, 1.54) is 0 Å². The maximum atomic E-state index is 10.3. The highest BCUT2D eigenvalue weighted by molar-refractivity contribution is 4.85. The Bertz CT molecular complexity index is 270. The van der Waals surface area contributed by atoms with Gasteiger partial charge in [-0.05, 0) is 25.7 Å². The molecule has 0 aromatic carbocycles. The number of hydrogen-bond donors (Lipinski definition) is 1. The molecule has 0 amide bonds. The maximum absolute atomic E-state index is 10.3. The van der Waals surface area contributed by atoms with Gasteiger partial charge in [0, 0.05) is 15.8 Å². The molecule has 0 unspecified atom stereocenters. The Hall–Kier alpha value is -1.24. The summed E-state index contributed by atoms with van der Waals surface area (Å²) in [6.45, 7) is -0.721. The first-order valence-corrected chi connectivity index (χ1v) is 4.87. The second-order valence-electron chi connectivity index (χ2n) is 4.19. The fraction of sp³-hybridized carbons (Fsp3) is 1.00. The molecule has 0 heterocycles. The van der Waals surface area contributed by atoms with Crippen molar-refractivity contribution in [3.05, 3.63) is 20.2 Å². The van der Waals surface area contributed by atoms with Gasteiger partial charge in [0.15, 0.2) is 0 Å². The lowest BCUT2D eigenvalue weighted by molar-refractivity contribution is -0.508. The Kier molecular flexibility index (Phi) is 3.57. The molecule has 1 fully saturated rings. The summed E-state index contributed by atoms with van der Waals surface area (Å²) in [4.78, 5) is 19.6. The van der Waals surface area contributed by atoms with Gasteiger partial charge in [-0.15, -0.1) is 0 Å². The molecule has 7 nitrogen and oxygen atoms in total. The Morgan fingerprint density at radius 1 is 1.33 bits per heavy atom. The molecule has 0 bridgehead atoms. The van der Waals surface area contributed by atoms with E-state index in [1.807, 2.05) is 0 Å². The van der Waals surface area contributed by atoms with Crippen molar-refractivity contribution in [2.45, 2.75) is 31.3 Å². The lowest BCUT2D eigenvalue weighted by atomic mass is 9.78. The zero-order chi connectivity index (χ0) is 11.5. The van der Waals surface area contributed by atoms with Gasteiger partial charge < -0.3 is 5.11 Å². The number of rotatable bonds is 4. The average Bonchev–Trinajstić information content (AvgIpc) is 1.99. The summed E-state index contributed by atoms with van der Waals surface area (Å²) in [6, 6.07) is 0. The quantitative estimate of drug-likeness (QED) is 0.545. The molecule has 1 aliphatic rings. The first-order valence-electron chi connectivity index (χ1n) is 4.87. The Morgan fingerprint density at radius 3 is 2.53 bits per heavy atom. The van der Waals surface area contributed by atoms with E-state index in [1.54, 1.807) is 0 Å².